The van der Waals surface area contributed by atoms with Crippen LogP contribution in [0.15, 0.2) is 18.2 Å². The van der Waals surface area contributed by atoms with Gasteiger partial charge in [-0.1, -0.05) is 32.4 Å². The summed E-state index contributed by atoms with van der Waals surface area (Å²) in [6.45, 7) is 8.55. The summed E-state index contributed by atoms with van der Waals surface area (Å²) >= 11 is 1.75. The first kappa shape index (κ1) is 14.3. The van der Waals surface area contributed by atoms with E-state index in [2.05, 4.69) is 27.7 Å². The third-order valence-corrected chi connectivity index (χ3v) is 4.43. The highest BCUT2D eigenvalue weighted by Crippen LogP contribution is 2.15. The largest absolute Gasteiger partial charge is 0.293 e. The van der Waals surface area contributed by atoms with Crippen LogP contribution in [-0.4, -0.2) is 17.3 Å². The molecule has 1 atom stereocenters. The van der Waals surface area contributed by atoms with Crippen LogP contribution in [-0.2, 0) is 0 Å². The second-order valence-corrected chi connectivity index (χ2v) is 5.78. The van der Waals surface area contributed by atoms with Crippen molar-refractivity contribution in [2.45, 2.75) is 34.1 Å². The molecule has 1 unspecified atom stereocenters. The molecule has 0 aliphatic rings. The van der Waals surface area contributed by atoms with Crippen LogP contribution < -0.4 is 0 Å². The summed E-state index contributed by atoms with van der Waals surface area (Å²) in [5.74, 6) is 2.63. The van der Waals surface area contributed by atoms with Gasteiger partial charge in [-0.05, 0) is 42.7 Å². The maximum absolute atomic E-state index is 12.0. The molecule has 0 aromatic heterocycles. The second-order valence-electron chi connectivity index (χ2n) is 4.75. The van der Waals surface area contributed by atoms with Crippen LogP contribution in [0.3, 0.4) is 0 Å². The minimum atomic E-state index is 0.251. The molecule has 1 rings (SSSR count). The summed E-state index contributed by atoms with van der Waals surface area (Å²) in [6, 6.07) is 5.97. The van der Waals surface area contributed by atoms with Gasteiger partial charge in [0.05, 0.1) is 5.75 Å². The first-order chi connectivity index (χ1) is 8.04. The smallest absolute Gasteiger partial charge is 0.172 e. The van der Waals surface area contributed by atoms with Crippen LogP contribution in [0.4, 0.5) is 0 Å². The third kappa shape index (κ3) is 4.55. The van der Waals surface area contributed by atoms with E-state index >= 15 is 0 Å². The lowest BCUT2D eigenvalue weighted by Crippen LogP contribution is -2.06. The maximum Gasteiger partial charge on any atom is 0.172 e. The number of ketones is 1. The first-order valence-corrected chi connectivity index (χ1v) is 7.38. The molecule has 0 heterocycles. The Labute approximate surface area is 109 Å². The minimum absolute atomic E-state index is 0.251. The van der Waals surface area contributed by atoms with Crippen LogP contribution in [0.5, 0.6) is 0 Å². The van der Waals surface area contributed by atoms with Crippen molar-refractivity contribution in [1.82, 2.24) is 0 Å². The van der Waals surface area contributed by atoms with Crippen LogP contribution in [0.25, 0.3) is 0 Å². The summed E-state index contributed by atoms with van der Waals surface area (Å²) in [7, 11) is 0. The SMILES string of the molecule is CCC(C)CSCC(=O)c1ccc(C)c(C)c1. The molecule has 0 saturated carbocycles. The number of carbonyl (C=O) groups excluding carboxylic acids is 1. The lowest BCUT2D eigenvalue weighted by atomic mass is 10.0. The summed E-state index contributed by atoms with van der Waals surface area (Å²) in [5.41, 5.74) is 3.29. The second kappa shape index (κ2) is 6.85. The molecule has 0 N–H and O–H groups in total. The number of hydrogen-bond donors (Lipinski definition) is 0. The molecular formula is C15H22OS. The van der Waals surface area contributed by atoms with E-state index < -0.39 is 0 Å². The van der Waals surface area contributed by atoms with Crippen molar-refractivity contribution in [3.05, 3.63) is 34.9 Å². The molecule has 0 bridgehead atoms. The number of carbonyl (C=O) groups is 1. The lowest BCUT2D eigenvalue weighted by molar-refractivity contribution is 0.102. The fourth-order valence-corrected chi connectivity index (χ4v) is 2.58. The zero-order valence-corrected chi connectivity index (χ0v) is 12.1. The molecule has 2 heteroatoms. The van der Waals surface area contributed by atoms with Crippen molar-refractivity contribution in [3.8, 4) is 0 Å². The van der Waals surface area contributed by atoms with E-state index in [0.29, 0.717) is 11.7 Å². The molecule has 1 aromatic carbocycles. The fraction of sp³-hybridized carbons (Fsp3) is 0.533. The van der Waals surface area contributed by atoms with Gasteiger partial charge < -0.3 is 0 Å². The van der Waals surface area contributed by atoms with Gasteiger partial charge in [-0.2, -0.15) is 11.8 Å². The van der Waals surface area contributed by atoms with Gasteiger partial charge in [-0.3, -0.25) is 4.79 Å². The van der Waals surface area contributed by atoms with Gasteiger partial charge in [0.15, 0.2) is 5.78 Å². The Morgan fingerprint density at radius 2 is 2.00 bits per heavy atom. The number of benzene rings is 1. The number of aryl methyl sites for hydroxylation is 2. The molecule has 17 heavy (non-hydrogen) atoms. The van der Waals surface area contributed by atoms with Crippen LogP contribution >= 0.6 is 11.8 Å². The quantitative estimate of drug-likeness (QED) is 0.701. The van der Waals surface area contributed by atoms with Crippen molar-refractivity contribution in [2.24, 2.45) is 5.92 Å². The summed E-state index contributed by atoms with van der Waals surface area (Å²) in [5, 5.41) is 0. The van der Waals surface area contributed by atoms with Crippen molar-refractivity contribution < 1.29 is 4.79 Å². The highest BCUT2D eigenvalue weighted by molar-refractivity contribution is 7.99. The molecular weight excluding hydrogens is 228 g/mol. The predicted molar refractivity (Wildman–Crippen MR) is 77.0 cm³/mol. The number of Topliss-reactive ketones (excluding diaryl/α,β-unsaturated/α-hetero) is 1. The van der Waals surface area contributed by atoms with E-state index in [-0.39, 0.29) is 5.78 Å². The van der Waals surface area contributed by atoms with Crippen molar-refractivity contribution >= 4 is 17.5 Å². The molecule has 0 spiro atoms. The fourth-order valence-electron chi connectivity index (χ4n) is 1.47. The summed E-state index contributed by atoms with van der Waals surface area (Å²) < 4.78 is 0. The van der Waals surface area contributed by atoms with Gasteiger partial charge in [0.25, 0.3) is 0 Å². The van der Waals surface area contributed by atoms with E-state index in [1.807, 2.05) is 18.2 Å². The van der Waals surface area contributed by atoms with Crippen LogP contribution in [0.2, 0.25) is 0 Å². The highest BCUT2D eigenvalue weighted by atomic mass is 32.2. The minimum Gasteiger partial charge on any atom is -0.293 e. The molecule has 0 fully saturated rings. The monoisotopic (exact) mass is 250 g/mol. The van der Waals surface area contributed by atoms with Crippen molar-refractivity contribution in [3.63, 3.8) is 0 Å². The maximum atomic E-state index is 12.0. The van der Waals surface area contributed by atoms with Crippen LogP contribution in [0, 0.1) is 19.8 Å². The topological polar surface area (TPSA) is 17.1 Å². The van der Waals surface area contributed by atoms with E-state index in [9.17, 15) is 4.79 Å². The van der Waals surface area contributed by atoms with Gasteiger partial charge in [0, 0.05) is 5.56 Å². The Bertz CT molecular complexity index is 385. The van der Waals surface area contributed by atoms with Crippen molar-refractivity contribution in [2.75, 3.05) is 11.5 Å². The van der Waals surface area contributed by atoms with Gasteiger partial charge in [0.1, 0.15) is 0 Å². The zero-order chi connectivity index (χ0) is 12.8. The molecule has 0 amide bonds. The Balaban J connectivity index is 2.50. The van der Waals surface area contributed by atoms with Gasteiger partial charge in [0.2, 0.25) is 0 Å². The van der Waals surface area contributed by atoms with Gasteiger partial charge in [-0.25, -0.2) is 0 Å². The number of rotatable bonds is 6. The van der Waals surface area contributed by atoms with E-state index in [4.69, 9.17) is 0 Å². The number of thioether (sulfide) groups is 1. The van der Waals surface area contributed by atoms with Gasteiger partial charge in [-0.15, -0.1) is 0 Å². The average Bonchev–Trinajstić information content (AvgIpc) is 2.32. The molecule has 1 nitrogen and oxygen atoms in total. The Hall–Kier alpha value is -0.760. The third-order valence-electron chi connectivity index (χ3n) is 3.16. The summed E-state index contributed by atoms with van der Waals surface area (Å²) in [4.78, 5) is 12.0. The molecule has 94 valence electrons. The van der Waals surface area contributed by atoms with Gasteiger partial charge >= 0.3 is 0 Å². The zero-order valence-electron chi connectivity index (χ0n) is 11.2. The van der Waals surface area contributed by atoms with Crippen LogP contribution in [0.1, 0.15) is 41.8 Å². The molecule has 0 aliphatic heterocycles. The highest BCUT2D eigenvalue weighted by Gasteiger charge is 2.08. The predicted octanol–water partition coefficient (Wildman–Crippen LogP) is 4.27. The van der Waals surface area contributed by atoms with E-state index in [1.54, 1.807) is 11.8 Å². The molecule has 0 aliphatic carbocycles. The average molecular weight is 250 g/mol. The number of hydrogen-bond acceptors (Lipinski definition) is 2. The van der Waals surface area contributed by atoms with E-state index in [1.165, 1.54) is 17.5 Å². The van der Waals surface area contributed by atoms with Crippen molar-refractivity contribution in [1.29, 1.82) is 0 Å². The standard InChI is InChI=1S/C15H22OS/c1-5-11(2)9-17-10-15(16)14-7-6-12(3)13(4)8-14/h6-8,11H,5,9-10H2,1-4H3. The lowest BCUT2D eigenvalue weighted by Gasteiger charge is -2.08. The first-order valence-electron chi connectivity index (χ1n) is 6.22. The Kier molecular flexibility index (Phi) is 5.76. The van der Waals surface area contributed by atoms with E-state index in [0.717, 1.165) is 11.3 Å². The Morgan fingerprint density at radius 3 is 2.59 bits per heavy atom. The summed E-state index contributed by atoms with van der Waals surface area (Å²) in [6.07, 6.45) is 1.19. The Morgan fingerprint density at radius 1 is 1.29 bits per heavy atom. The molecule has 0 saturated heterocycles. The normalized spacial score (nSPS) is 12.5. The molecule has 1 aromatic rings. The molecule has 0 radical (unpaired) electrons.